The number of hydrogen-bond acceptors (Lipinski definition) is 7. The highest BCUT2D eigenvalue weighted by Crippen LogP contribution is 2.40. The minimum Gasteiger partial charge on any atom is -0.490 e. The monoisotopic (exact) mass is 538 g/mol. The summed E-state index contributed by atoms with van der Waals surface area (Å²) in [5.74, 6) is 5.75. The van der Waals surface area contributed by atoms with E-state index in [0.717, 1.165) is 43.6 Å². The molecule has 0 radical (unpaired) electrons. The number of carbonyl (C=O) groups excluding carboxylic acids is 1. The van der Waals surface area contributed by atoms with E-state index < -0.39 is 21.7 Å². The highest BCUT2D eigenvalue weighted by Gasteiger charge is 2.30. The lowest BCUT2D eigenvalue weighted by atomic mass is 10.0. The Labute approximate surface area is 222 Å². The molecular weight excluding hydrogens is 508 g/mol. The maximum absolute atomic E-state index is 12.6. The van der Waals surface area contributed by atoms with Gasteiger partial charge in [-0.25, -0.2) is 13.1 Å². The van der Waals surface area contributed by atoms with Crippen molar-refractivity contribution in [2.24, 2.45) is 0 Å². The Morgan fingerprint density at radius 1 is 1.22 bits per heavy atom. The van der Waals surface area contributed by atoms with Gasteiger partial charge in [-0.2, -0.15) is 0 Å². The maximum Gasteiger partial charge on any atom is 0.238 e. The predicted octanol–water partition coefficient (Wildman–Crippen LogP) is 4.03. The largest absolute Gasteiger partial charge is 0.490 e. The first-order valence-electron chi connectivity index (χ1n) is 12.0. The molecule has 1 aromatic heterocycles. The van der Waals surface area contributed by atoms with Crippen LogP contribution in [-0.4, -0.2) is 55.4 Å². The molecule has 0 aliphatic heterocycles. The molecule has 1 aliphatic carbocycles. The van der Waals surface area contributed by atoms with Crippen molar-refractivity contribution in [3.05, 3.63) is 53.1 Å². The van der Waals surface area contributed by atoms with E-state index >= 15 is 0 Å². The van der Waals surface area contributed by atoms with Crippen LogP contribution in [-0.2, 0) is 21.2 Å². The molecule has 194 valence electrons. The predicted molar refractivity (Wildman–Crippen MR) is 146 cm³/mol. The van der Waals surface area contributed by atoms with Crippen LogP contribution in [0.2, 0.25) is 0 Å². The molecule has 0 bridgehead atoms. The van der Waals surface area contributed by atoms with Crippen LogP contribution in [0.5, 0.6) is 5.75 Å². The average molecular weight is 539 g/mol. The maximum atomic E-state index is 12.6. The van der Waals surface area contributed by atoms with Gasteiger partial charge in [0, 0.05) is 31.3 Å². The van der Waals surface area contributed by atoms with E-state index in [2.05, 4.69) is 26.8 Å². The van der Waals surface area contributed by atoms with Crippen molar-refractivity contribution in [3.8, 4) is 38.7 Å². The molecule has 0 saturated carbocycles. The second-order valence-corrected chi connectivity index (χ2v) is 12.0. The SMILES string of the molecule is CC#Cc1cc(-c2nnc(-c3cccc4c3CCC4NS(=O)(=O)CC(=O)N(C)C)s2)ccc1OC(C)C. The summed E-state index contributed by atoms with van der Waals surface area (Å²) in [6, 6.07) is 11.3. The van der Waals surface area contributed by atoms with Crippen molar-refractivity contribution in [1.82, 2.24) is 19.8 Å². The summed E-state index contributed by atoms with van der Waals surface area (Å²) in [4.78, 5) is 13.2. The molecule has 4 rings (SSSR count). The van der Waals surface area contributed by atoms with E-state index in [1.54, 1.807) is 6.92 Å². The fourth-order valence-electron chi connectivity index (χ4n) is 4.23. The van der Waals surface area contributed by atoms with Gasteiger partial charge >= 0.3 is 0 Å². The minimum absolute atomic E-state index is 0.0401. The van der Waals surface area contributed by atoms with E-state index in [1.165, 1.54) is 30.3 Å². The fourth-order valence-corrected chi connectivity index (χ4v) is 6.47. The molecule has 1 heterocycles. The molecule has 0 fully saturated rings. The van der Waals surface area contributed by atoms with Crippen molar-refractivity contribution in [1.29, 1.82) is 0 Å². The van der Waals surface area contributed by atoms with Gasteiger partial charge in [0.1, 0.15) is 21.5 Å². The zero-order valence-corrected chi connectivity index (χ0v) is 23.2. The molecule has 0 saturated heterocycles. The summed E-state index contributed by atoms with van der Waals surface area (Å²) >= 11 is 1.48. The van der Waals surface area contributed by atoms with Crippen LogP contribution in [0.3, 0.4) is 0 Å². The first-order valence-corrected chi connectivity index (χ1v) is 14.4. The number of hydrogen-bond donors (Lipinski definition) is 1. The van der Waals surface area contributed by atoms with Crippen LogP contribution in [0.25, 0.3) is 21.1 Å². The van der Waals surface area contributed by atoms with Crippen molar-refractivity contribution < 1.29 is 17.9 Å². The first-order chi connectivity index (χ1) is 17.6. The van der Waals surface area contributed by atoms with Gasteiger partial charge in [0.05, 0.1) is 11.7 Å². The number of benzene rings is 2. The normalized spacial score (nSPS) is 14.7. The molecule has 0 spiro atoms. The second kappa shape index (κ2) is 11.0. The third-order valence-electron chi connectivity index (χ3n) is 5.91. The summed E-state index contributed by atoms with van der Waals surface area (Å²) in [7, 11) is -0.692. The number of nitrogens with one attached hydrogen (secondary N) is 1. The number of sulfonamides is 1. The molecule has 3 aromatic rings. The summed E-state index contributed by atoms with van der Waals surface area (Å²) in [6.45, 7) is 5.74. The van der Waals surface area contributed by atoms with Gasteiger partial charge in [-0.3, -0.25) is 4.79 Å². The topological polar surface area (TPSA) is 101 Å². The Kier molecular flexibility index (Phi) is 7.97. The third kappa shape index (κ3) is 6.18. The van der Waals surface area contributed by atoms with Gasteiger partial charge in [0.15, 0.2) is 0 Å². The number of rotatable bonds is 8. The smallest absolute Gasteiger partial charge is 0.238 e. The van der Waals surface area contributed by atoms with Crippen LogP contribution in [0, 0.1) is 11.8 Å². The lowest BCUT2D eigenvalue weighted by Crippen LogP contribution is -2.37. The van der Waals surface area contributed by atoms with Crippen molar-refractivity contribution >= 4 is 27.3 Å². The molecule has 2 aromatic carbocycles. The van der Waals surface area contributed by atoms with E-state index in [4.69, 9.17) is 4.74 Å². The Morgan fingerprint density at radius 3 is 2.68 bits per heavy atom. The summed E-state index contributed by atoms with van der Waals surface area (Å²) in [6.07, 6.45) is 1.36. The quantitative estimate of drug-likeness (QED) is 0.435. The lowest BCUT2D eigenvalue weighted by Gasteiger charge is -2.16. The van der Waals surface area contributed by atoms with Crippen molar-refractivity contribution in [3.63, 3.8) is 0 Å². The summed E-state index contributed by atoms with van der Waals surface area (Å²) in [5, 5.41) is 10.4. The zero-order chi connectivity index (χ0) is 26.7. The average Bonchev–Trinajstić information content (AvgIpc) is 3.47. The van der Waals surface area contributed by atoms with Crippen molar-refractivity contribution in [2.45, 2.75) is 45.8 Å². The van der Waals surface area contributed by atoms with Crippen LogP contribution >= 0.6 is 11.3 Å². The molecular formula is C27H30N4O4S2. The van der Waals surface area contributed by atoms with Crippen LogP contribution in [0.15, 0.2) is 36.4 Å². The second-order valence-electron chi connectivity index (χ2n) is 9.29. The van der Waals surface area contributed by atoms with Gasteiger partial charge in [-0.05, 0) is 62.9 Å². The number of ether oxygens (including phenoxy) is 1. The van der Waals surface area contributed by atoms with Gasteiger partial charge in [-0.15, -0.1) is 16.1 Å². The number of nitrogens with zero attached hydrogens (tertiary/aromatic N) is 3. The highest BCUT2D eigenvalue weighted by atomic mass is 32.2. The Hall–Kier alpha value is -3.26. The Morgan fingerprint density at radius 2 is 1.97 bits per heavy atom. The first kappa shape index (κ1) is 26.8. The number of carbonyl (C=O) groups is 1. The van der Waals surface area contributed by atoms with E-state index in [-0.39, 0.29) is 12.1 Å². The molecule has 1 amide bonds. The lowest BCUT2D eigenvalue weighted by molar-refractivity contribution is -0.125. The third-order valence-corrected chi connectivity index (χ3v) is 8.19. The molecule has 10 heteroatoms. The van der Waals surface area contributed by atoms with Gasteiger partial charge in [0.25, 0.3) is 0 Å². The summed E-state index contributed by atoms with van der Waals surface area (Å²) < 4.78 is 33.8. The zero-order valence-electron chi connectivity index (χ0n) is 21.5. The van der Waals surface area contributed by atoms with Crippen molar-refractivity contribution in [2.75, 3.05) is 19.8 Å². The van der Waals surface area contributed by atoms with Crippen LogP contribution in [0.1, 0.15) is 49.9 Å². The fraction of sp³-hybridized carbons (Fsp3) is 0.370. The highest BCUT2D eigenvalue weighted by molar-refractivity contribution is 7.90. The van der Waals surface area contributed by atoms with Gasteiger partial charge in [-0.1, -0.05) is 35.5 Å². The molecule has 1 aliphatic rings. The molecule has 8 nitrogen and oxygen atoms in total. The number of aromatic nitrogens is 2. The van der Waals surface area contributed by atoms with Gasteiger partial charge < -0.3 is 9.64 Å². The standard InChI is InChI=1S/C27H30N4O4S2/c1-6-8-18-15-19(11-14-24(18)35-17(2)3)26-28-29-27(36-26)22-10-7-9-21-20(22)12-13-23(21)30-37(33,34)16-25(32)31(4)5/h7,9-11,14-15,17,23,30H,12-13,16H2,1-5H3. The minimum atomic E-state index is -3.77. The van der Waals surface area contributed by atoms with Crippen LogP contribution < -0.4 is 9.46 Å². The van der Waals surface area contributed by atoms with Crippen LogP contribution in [0.4, 0.5) is 0 Å². The number of amides is 1. The number of fused-ring (bicyclic) bond motifs is 1. The Balaban J connectivity index is 1.60. The molecule has 1 N–H and O–H groups in total. The Bertz CT molecular complexity index is 1480. The van der Waals surface area contributed by atoms with E-state index in [0.29, 0.717) is 12.8 Å². The summed E-state index contributed by atoms with van der Waals surface area (Å²) in [5.41, 5.74) is 4.61. The molecule has 37 heavy (non-hydrogen) atoms. The van der Waals surface area contributed by atoms with E-state index in [1.807, 2.05) is 50.2 Å². The molecule has 1 unspecified atom stereocenters. The van der Waals surface area contributed by atoms with E-state index in [9.17, 15) is 13.2 Å². The van der Waals surface area contributed by atoms with Gasteiger partial charge in [0.2, 0.25) is 15.9 Å². The molecule has 1 atom stereocenters.